The summed E-state index contributed by atoms with van der Waals surface area (Å²) in [5.41, 5.74) is -1.34. The second-order valence-corrected chi connectivity index (χ2v) is 5.76. The van der Waals surface area contributed by atoms with Crippen LogP contribution < -0.4 is 0 Å². The summed E-state index contributed by atoms with van der Waals surface area (Å²) in [6.45, 7) is 11.2. The lowest BCUT2D eigenvalue weighted by Gasteiger charge is -2.18. The van der Waals surface area contributed by atoms with Gasteiger partial charge < -0.3 is 5.11 Å². The maximum absolute atomic E-state index is 11.2. The lowest BCUT2D eigenvalue weighted by atomic mass is 9.97. The topological polar surface area (TPSA) is 89.9 Å². The van der Waals surface area contributed by atoms with Gasteiger partial charge in [-0.2, -0.15) is 0 Å². The second-order valence-electron chi connectivity index (χ2n) is 5.76. The van der Waals surface area contributed by atoms with Crippen LogP contribution in [-0.4, -0.2) is 23.0 Å². The minimum absolute atomic E-state index is 0.560. The van der Waals surface area contributed by atoms with Gasteiger partial charge >= 0.3 is 11.9 Å². The molecule has 0 saturated heterocycles. The van der Waals surface area contributed by atoms with Crippen molar-refractivity contribution < 1.29 is 29.3 Å². The number of carboxylic acids is 1. The van der Waals surface area contributed by atoms with E-state index in [1.165, 1.54) is 0 Å². The normalized spacial score (nSPS) is 10.8. The van der Waals surface area contributed by atoms with E-state index in [0.717, 1.165) is 6.92 Å². The Morgan fingerprint density at radius 3 is 1.06 bits per heavy atom. The van der Waals surface area contributed by atoms with Crippen molar-refractivity contribution in [3.63, 3.8) is 0 Å². The molecule has 6 heteroatoms. The van der Waals surface area contributed by atoms with Crippen LogP contribution in [0.15, 0.2) is 0 Å². The fourth-order valence-corrected chi connectivity index (χ4v) is 0.326. The van der Waals surface area contributed by atoms with E-state index in [0.29, 0.717) is 0 Å². The molecule has 0 aliphatic heterocycles. The quantitative estimate of drug-likeness (QED) is 0.531. The average Bonchev–Trinajstić information content (AvgIpc) is 2.09. The first kappa shape index (κ1) is 18.8. The predicted octanol–water partition coefficient (Wildman–Crippen LogP) is 2.17. The summed E-state index contributed by atoms with van der Waals surface area (Å²) < 4.78 is 0. The van der Waals surface area contributed by atoms with Gasteiger partial charge in [-0.05, 0) is 41.5 Å². The Kier molecular flexibility index (Phi) is 7.28. The summed E-state index contributed by atoms with van der Waals surface area (Å²) in [6, 6.07) is 0. The van der Waals surface area contributed by atoms with Gasteiger partial charge in [0.05, 0.1) is 10.8 Å². The maximum Gasteiger partial charge on any atom is 0.360 e. The molecule has 0 rings (SSSR count). The van der Waals surface area contributed by atoms with Gasteiger partial charge in [0.2, 0.25) is 0 Å². The van der Waals surface area contributed by atoms with Crippen LogP contribution in [-0.2, 0) is 24.2 Å². The number of rotatable bonds is 0. The van der Waals surface area contributed by atoms with Crippen LogP contribution in [0.4, 0.5) is 0 Å². The molecule has 0 saturated carbocycles. The molecule has 0 aliphatic rings. The van der Waals surface area contributed by atoms with Gasteiger partial charge in [0.1, 0.15) is 0 Å². The van der Waals surface area contributed by atoms with Crippen molar-refractivity contribution in [2.75, 3.05) is 0 Å². The molecular weight excluding hydrogens is 240 g/mol. The van der Waals surface area contributed by atoms with E-state index in [1.807, 2.05) is 0 Å². The summed E-state index contributed by atoms with van der Waals surface area (Å²) >= 11 is 0. The number of hydrogen-bond donors (Lipinski definition) is 1. The van der Waals surface area contributed by atoms with Crippen molar-refractivity contribution in [2.24, 2.45) is 10.8 Å². The minimum Gasteiger partial charge on any atom is -0.481 e. The molecule has 1 N–H and O–H groups in total. The average molecular weight is 262 g/mol. The zero-order valence-electron chi connectivity index (χ0n) is 12.0. The molecule has 0 spiro atoms. The molecule has 0 aromatic rings. The highest BCUT2D eigenvalue weighted by molar-refractivity contribution is 5.78. The molecule has 106 valence electrons. The molecule has 0 aliphatic carbocycles. The highest BCUT2D eigenvalue weighted by atomic mass is 17.2. The smallest absolute Gasteiger partial charge is 0.360 e. The van der Waals surface area contributed by atoms with Gasteiger partial charge in [-0.1, -0.05) is 0 Å². The fraction of sp³-hybridized carbons (Fsp3) is 0.750. The Morgan fingerprint density at radius 1 is 0.778 bits per heavy atom. The van der Waals surface area contributed by atoms with Gasteiger partial charge in [-0.15, -0.1) is 0 Å². The number of carbonyl (C=O) groups excluding carboxylic acids is 2. The van der Waals surface area contributed by atoms with Crippen molar-refractivity contribution in [3.05, 3.63) is 0 Å². The summed E-state index contributed by atoms with van der Waals surface area (Å²) in [4.78, 5) is 40.2. The largest absolute Gasteiger partial charge is 0.481 e. The van der Waals surface area contributed by atoms with E-state index >= 15 is 0 Å². The zero-order valence-corrected chi connectivity index (χ0v) is 12.0. The molecule has 0 aromatic heterocycles. The lowest BCUT2D eigenvalue weighted by molar-refractivity contribution is -0.270. The Balaban J connectivity index is 0. The first-order valence-electron chi connectivity index (χ1n) is 5.41. The number of carbonyl (C=O) groups is 3. The van der Waals surface area contributed by atoms with E-state index in [2.05, 4.69) is 9.78 Å². The molecule has 0 bridgehead atoms. The Hall–Kier alpha value is -1.59. The lowest BCUT2D eigenvalue weighted by Crippen LogP contribution is -2.28. The Bertz CT molecular complexity index is 276. The van der Waals surface area contributed by atoms with Gasteiger partial charge in [0.25, 0.3) is 5.97 Å². The summed E-state index contributed by atoms with van der Waals surface area (Å²) in [6.07, 6.45) is 0. The van der Waals surface area contributed by atoms with Gasteiger partial charge in [-0.25, -0.2) is 19.4 Å². The molecule has 0 fully saturated rings. The zero-order chi connectivity index (χ0) is 15.1. The van der Waals surface area contributed by atoms with E-state index in [4.69, 9.17) is 9.90 Å². The molecule has 18 heavy (non-hydrogen) atoms. The third-order valence-electron chi connectivity index (χ3n) is 1.42. The molecule has 0 atom stereocenters. The van der Waals surface area contributed by atoms with Gasteiger partial charge in [-0.3, -0.25) is 4.79 Å². The van der Waals surface area contributed by atoms with Gasteiger partial charge in [0.15, 0.2) is 0 Å². The monoisotopic (exact) mass is 262 g/mol. The SMILES string of the molecule is CC(=O)O.CC(C)(C)C(=O)OOC(=O)C(C)(C)C. The van der Waals surface area contributed by atoms with Crippen LogP contribution in [0, 0.1) is 10.8 Å². The van der Waals surface area contributed by atoms with Crippen molar-refractivity contribution >= 4 is 17.9 Å². The summed E-state index contributed by atoms with van der Waals surface area (Å²) in [5, 5.41) is 7.42. The van der Waals surface area contributed by atoms with Crippen LogP contribution in [0.5, 0.6) is 0 Å². The summed E-state index contributed by atoms with van der Waals surface area (Å²) in [5.74, 6) is -1.95. The minimum atomic E-state index is -0.833. The molecule has 0 unspecified atom stereocenters. The molecule has 0 radical (unpaired) electrons. The Labute approximate surface area is 107 Å². The molecule has 0 heterocycles. The summed E-state index contributed by atoms with van der Waals surface area (Å²) in [7, 11) is 0. The molecular formula is C12H22O6. The third-order valence-corrected chi connectivity index (χ3v) is 1.42. The first-order chi connectivity index (χ1) is 7.78. The van der Waals surface area contributed by atoms with Crippen LogP contribution >= 0.6 is 0 Å². The van der Waals surface area contributed by atoms with Crippen molar-refractivity contribution in [1.29, 1.82) is 0 Å². The highest BCUT2D eigenvalue weighted by Crippen LogP contribution is 2.18. The standard InChI is InChI=1S/C10H18O4.C2H4O2/c1-9(2,3)7(11)13-14-8(12)10(4,5)6;1-2(3)4/h1-6H3;1H3,(H,3,4). The molecule has 0 amide bonds. The second kappa shape index (κ2) is 6.98. The van der Waals surface area contributed by atoms with Crippen molar-refractivity contribution in [2.45, 2.75) is 48.5 Å². The fourth-order valence-electron chi connectivity index (χ4n) is 0.326. The van der Waals surface area contributed by atoms with E-state index in [1.54, 1.807) is 41.5 Å². The maximum atomic E-state index is 11.2. The predicted molar refractivity (Wildman–Crippen MR) is 64.4 cm³/mol. The van der Waals surface area contributed by atoms with E-state index < -0.39 is 28.7 Å². The van der Waals surface area contributed by atoms with Crippen LogP contribution in [0.25, 0.3) is 0 Å². The molecule has 0 aromatic carbocycles. The number of carboxylic acid groups (broad SMARTS) is 1. The van der Waals surface area contributed by atoms with E-state index in [9.17, 15) is 9.59 Å². The Morgan fingerprint density at radius 2 is 0.944 bits per heavy atom. The van der Waals surface area contributed by atoms with Crippen molar-refractivity contribution in [3.8, 4) is 0 Å². The van der Waals surface area contributed by atoms with Crippen LogP contribution in [0.2, 0.25) is 0 Å². The highest BCUT2D eigenvalue weighted by Gasteiger charge is 2.29. The van der Waals surface area contributed by atoms with Crippen LogP contribution in [0.3, 0.4) is 0 Å². The van der Waals surface area contributed by atoms with Crippen LogP contribution in [0.1, 0.15) is 48.5 Å². The number of aliphatic carboxylic acids is 1. The first-order valence-corrected chi connectivity index (χ1v) is 5.41. The van der Waals surface area contributed by atoms with Gasteiger partial charge in [0, 0.05) is 6.92 Å². The van der Waals surface area contributed by atoms with Crippen molar-refractivity contribution in [1.82, 2.24) is 0 Å². The molecule has 6 nitrogen and oxygen atoms in total. The number of hydrogen-bond acceptors (Lipinski definition) is 5. The van der Waals surface area contributed by atoms with E-state index in [-0.39, 0.29) is 0 Å². The third kappa shape index (κ3) is 10.9.